The Labute approximate surface area is 157 Å². The van der Waals surface area contributed by atoms with Crippen LogP contribution in [0.15, 0.2) is 29.3 Å². The number of hydrogen-bond donors (Lipinski definition) is 3. The second kappa shape index (κ2) is 11.3. The van der Waals surface area contributed by atoms with Crippen molar-refractivity contribution in [2.75, 3.05) is 13.1 Å². The second-order valence-corrected chi connectivity index (χ2v) is 5.90. The number of amides is 1. The zero-order valence-corrected chi connectivity index (χ0v) is 15.8. The lowest BCUT2D eigenvalue weighted by Crippen LogP contribution is -2.40. The van der Waals surface area contributed by atoms with Gasteiger partial charge in [-0.1, -0.05) is 25.1 Å². The summed E-state index contributed by atoms with van der Waals surface area (Å²) >= 11 is 0. The highest BCUT2D eigenvalue weighted by Gasteiger charge is 2.31. The predicted molar refractivity (Wildman–Crippen MR) is 98.5 cm³/mol. The predicted octanol–water partition coefficient (Wildman–Crippen LogP) is 2.95. The SMILES string of the molecule is CCNC(=NCc1ccccc1OC(F)(F)F)NCCC(=O)NC(C)CC. The van der Waals surface area contributed by atoms with E-state index in [2.05, 4.69) is 25.7 Å². The van der Waals surface area contributed by atoms with Gasteiger partial charge in [-0.2, -0.15) is 0 Å². The van der Waals surface area contributed by atoms with Gasteiger partial charge in [-0.3, -0.25) is 4.79 Å². The van der Waals surface area contributed by atoms with Crippen LogP contribution in [0.2, 0.25) is 0 Å². The van der Waals surface area contributed by atoms with Crippen molar-refractivity contribution in [1.29, 1.82) is 0 Å². The van der Waals surface area contributed by atoms with Gasteiger partial charge in [0, 0.05) is 31.1 Å². The maximum absolute atomic E-state index is 12.5. The molecule has 0 fully saturated rings. The number of halogens is 3. The molecule has 152 valence electrons. The lowest BCUT2D eigenvalue weighted by molar-refractivity contribution is -0.274. The summed E-state index contributed by atoms with van der Waals surface area (Å²) < 4.78 is 41.5. The molecule has 0 saturated carbocycles. The number of ether oxygens (including phenoxy) is 1. The number of guanidine groups is 1. The number of para-hydroxylation sites is 1. The summed E-state index contributed by atoms with van der Waals surface area (Å²) in [7, 11) is 0. The molecule has 27 heavy (non-hydrogen) atoms. The van der Waals surface area contributed by atoms with E-state index in [0.29, 0.717) is 24.6 Å². The molecule has 1 atom stereocenters. The van der Waals surface area contributed by atoms with Crippen molar-refractivity contribution in [2.24, 2.45) is 4.99 Å². The van der Waals surface area contributed by atoms with E-state index in [1.54, 1.807) is 6.07 Å². The van der Waals surface area contributed by atoms with Crippen molar-refractivity contribution in [1.82, 2.24) is 16.0 Å². The van der Waals surface area contributed by atoms with Crippen molar-refractivity contribution in [3.63, 3.8) is 0 Å². The zero-order valence-electron chi connectivity index (χ0n) is 15.8. The fourth-order valence-electron chi connectivity index (χ4n) is 2.11. The monoisotopic (exact) mass is 388 g/mol. The number of aliphatic imine (C=N–C) groups is 1. The third-order valence-electron chi connectivity index (χ3n) is 3.61. The highest BCUT2D eigenvalue weighted by atomic mass is 19.4. The molecule has 1 rings (SSSR count). The molecule has 0 saturated heterocycles. The van der Waals surface area contributed by atoms with Crippen molar-refractivity contribution in [3.8, 4) is 5.75 Å². The van der Waals surface area contributed by atoms with Crippen molar-refractivity contribution in [3.05, 3.63) is 29.8 Å². The van der Waals surface area contributed by atoms with Gasteiger partial charge in [0.15, 0.2) is 5.96 Å². The van der Waals surface area contributed by atoms with Crippen LogP contribution >= 0.6 is 0 Å². The van der Waals surface area contributed by atoms with Gasteiger partial charge in [-0.15, -0.1) is 13.2 Å². The highest BCUT2D eigenvalue weighted by Crippen LogP contribution is 2.26. The number of nitrogens with one attached hydrogen (secondary N) is 3. The molecule has 0 heterocycles. The summed E-state index contributed by atoms with van der Waals surface area (Å²) in [5.74, 6) is 0.0600. The number of rotatable bonds is 9. The average molecular weight is 388 g/mol. The maximum Gasteiger partial charge on any atom is 0.573 e. The Bertz CT molecular complexity index is 621. The van der Waals surface area contributed by atoms with Gasteiger partial charge in [-0.25, -0.2) is 4.99 Å². The van der Waals surface area contributed by atoms with Crippen LogP contribution in [0.25, 0.3) is 0 Å². The largest absolute Gasteiger partial charge is 0.573 e. The summed E-state index contributed by atoms with van der Waals surface area (Å²) in [6.45, 7) is 6.71. The van der Waals surface area contributed by atoms with E-state index in [1.807, 2.05) is 20.8 Å². The Hall–Kier alpha value is -2.45. The molecule has 0 spiro atoms. The minimum Gasteiger partial charge on any atom is -0.405 e. The van der Waals surface area contributed by atoms with E-state index in [1.165, 1.54) is 18.2 Å². The van der Waals surface area contributed by atoms with Crippen LogP contribution in [0.5, 0.6) is 5.75 Å². The van der Waals surface area contributed by atoms with Gasteiger partial charge in [0.2, 0.25) is 5.91 Å². The summed E-state index contributed by atoms with van der Waals surface area (Å²) in [5, 5.41) is 8.85. The normalized spacial score (nSPS) is 13.0. The first-order valence-corrected chi connectivity index (χ1v) is 8.90. The van der Waals surface area contributed by atoms with Crippen molar-refractivity contribution in [2.45, 2.75) is 52.6 Å². The fraction of sp³-hybridized carbons (Fsp3) is 0.556. The average Bonchev–Trinajstić information content (AvgIpc) is 2.59. The molecule has 0 aliphatic rings. The molecule has 0 aliphatic carbocycles. The van der Waals surface area contributed by atoms with E-state index in [-0.39, 0.29) is 30.7 Å². The van der Waals surface area contributed by atoms with Crippen molar-refractivity contribution < 1.29 is 22.7 Å². The standard InChI is InChI=1S/C18H27F3N4O2/c1-4-13(3)25-16(26)10-11-23-17(22-5-2)24-12-14-8-6-7-9-15(14)27-18(19,20)21/h6-9,13H,4-5,10-12H2,1-3H3,(H,25,26)(H2,22,23,24). The van der Waals surface area contributed by atoms with Crippen LogP contribution < -0.4 is 20.7 Å². The van der Waals surface area contributed by atoms with E-state index in [4.69, 9.17) is 0 Å². The van der Waals surface area contributed by atoms with Gasteiger partial charge in [0.1, 0.15) is 5.75 Å². The molecule has 0 aliphatic heterocycles. The molecule has 1 amide bonds. The summed E-state index contributed by atoms with van der Waals surface area (Å²) in [6, 6.07) is 5.97. The first-order valence-electron chi connectivity index (χ1n) is 8.90. The first-order chi connectivity index (χ1) is 12.7. The highest BCUT2D eigenvalue weighted by molar-refractivity contribution is 5.81. The number of benzene rings is 1. The molecule has 3 N–H and O–H groups in total. The number of carbonyl (C=O) groups is 1. The maximum atomic E-state index is 12.5. The minimum atomic E-state index is -4.76. The van der Waals surface area contributed by atoms with E-state index in [9.17, 15) is 18.0 Å². The lowest BCUT2D eigenvalue weighted by atomic mass is 10.2. The number of hydrogen-bond acceptors (Lipinski definition) is 3. The van der Waals surface area contributed by atoms with Gasteiger partial charge in [0.25, 0.3) is 0 Å². The number of alkyl halides is 3. The molecular formula is C18H27F3N4O2. The van der Waals surface area contributed by atoms with Gasteiger partial charge in [-0.05, 0) is 26.3 Å². The second-order valence-electron chi connectivity index (χ2n) is 5.90. The molecule has 9 heteroatoms. The smallest absolute Gasteiger partial charge is 0.405 e. The lowest BCUT2D eigenvalue weighted by Gasteiger charge is -2.14. The first kappa shape index (κ1) is 22.6. The van der Waals surface area contributed by atoms with Crippen LogP contribution in [0.3, 0.4) is 0 Å². The van der Waals surface area contributed by atoms with E-state index >= 15 is 0 Å². The van der Waals surface area contributed by atoms with Crippen LogP contribution in [-0.4, -0.2) is 37.4 Å². The van der Waals surface area contributed by atoms with Gasteiger partial charge in [0.05, 0.1) is 6.54 Å². The molecule has 0 bridgehead atoms. The third kappa shape index (κ3) is 9.72. The van der Waals surface area contributed by atoms with E-state index in [0.717, 1.165) is 6.42 Å². The molecule has 1 aromatic rings. The minimum absolute atomic E-state index is 0.000647. The molecule has 0 aromatic heterocycles. The molecule has 0 radical (unpaired) electrons. The molecule has 1 unspecified atom stereocenters. The number of carbonyl (C=O) groups excluding carboxylic acids is 1. The van der Waals surface area contributed by atoms with Crippen LogP contribution in [0, 0.1) is 0 Å². The molecular weight excluding hydrogens is 361 g/mol. The topological polar surface area (TPSA) is 74.8 Å². The Kier molecular flexibility index (Phi) is 9.46. The zero-order chi connectivity index (χ0) is 20.3. The van der Waals surface area contributed by atoms with Crippen LogP contribution in [0.4, 0.5) is 13.2 Å². The Morgan fingerprint density at radius 3 is 2.56 bits per heavy atom. The Morgan fingerprint density at radius 1 is 1.22 bits per heavy atom. The summed E-state index contributed by atoms with van der Waals surface area (Å²) in [6.07, 6.45) is -3.64. The third-order valence-corrected chi connectivity index (χ3v) is 3.61. The van der Waals surface area contributed by atoms with Crippen LogP contribution in [-0.2, 0) is 11.3 Å². The Balaban J connectivity index is 2.65. The van der Waals surface area contributed by atoms with Crippen molar-refractivity contribution >= 4 is 11.9 Å². The summed E-state index contributed by atoms with van der Waals surface area (Å²) in [5.41, 5.74) is 0.307. The molecule has 1 aromatic carbocycles. The molecule has 6 nitrogen and oxygen atoms in total. The fourth-order valence-corrected chi connectivity index (χ4v) is 2.11. The quantitative estimate of drug-likeness (QED) is 0.449. The van der Waals surface area contributed by atoms with Gasteiger partial charge < -0.3 is 20.7 Å². The van der Waals surface area contributed by atoms with Gasteiger partial charge >= 0.3 is 6.36 Å². The van der Waals surface area contributed by atoms with E-state index < -0.39 is 6.36 Å². The van der Waals surface area contributed by atoms with Crippen LogP contribution in [0.1, 0.15) is 39.2 Å². The number of nitrogens with zero attached hydrogens (tertiary/aromatic N) is 1. The Morgan fingerprint density at radius 2 is 1.93 bits per heavy atom. The summed E-state index contributed by atoms with van der Waals surface area (Å²) in [4.78, 5) is 16.0.